The summed E-state index contributed by atoms with van der Waals surface area (Å²) in [7, 11) is 0. The predicted molar refractivity (Wildman–Crippen MR) is 70.4 cm³/mol. The van der Waals surface area contributed by atoms with Gasteiger partial charge in [-0.1, -0.05) is 56.2 Å². The molecule has 1 heteroatoms. The van der Waals surface area contributed by atoms with E-state index in [9.17, 15) is 0 Å². The molecule has 0 radical (unpaired) electrons. The second kappa shape index (κ2) is 8.12. The Morgan fingerprint density at radius 3 is 2.88 bits per heavy atom. The van der Waals surface area contributed by atoms with Crippen molar-refractivity contribution in [3.05, 3.63) is 41.5 Å². The fourth-order valence-corrected chi connectivity index (χ4v) is 1.68. The highest BCUT2D eigenvalue weighted by Gasteiger charge is 1.93. The van der Waals surface area contributed by atoms with Crippen LogP contribution in [0, 0.1) is 0 Å². The van der Waals surface area contributed by atoms with Gasteiger partial charge in [-0.3, -0.25) is 0 Å². The van der Waals surface area contributed by atoms with Crippen molar-refractivity contribution in [1.29, 1.82) is 0 Å². The molecular weight excluding hydrogens is 196 g/mol. The third kappa shape index (κ3) is 5.13. The van der Waals surface area contributed by atoms with Gasteiger partial charge in [0, 0.05) is 6.61 Å². The van der Waals surface area contributed by atoms with Gasteiger partial charge in [0.15, 0.2) is 0 Å². The summed E-state index contributed by atoms with van der Waals surface area (Å²) in [5, 5.41) is 8.78. The molecule has 1 rings (SSSR count). The van der Waals surface area contributed by atoms with E-state index >= 15 is 0 Å². The Labute approximate surface area is 98.8 Å². The zero-order chi connectivity index (χ0) is 11.6. The quantitative estimate of drug-likeness (QED) is 0.690. The zero-order valence-electron chi connectivity index (χ0n) is 10.2. The monoisotopic (exact) mass is 218 g/mol. The number of aliphatic hydroxyl groups is 1. The number of allylic oxidation sites excluding steroid dienone is 1. The molecule has 0 saturated carbocycles. The number of aliphatic hydroxyl groups excluding tert-OH is 1. The summed E-state index contributed by atoms with van der Waals surface area (Å²) in [4.78, 5) is 0. The summed E-state index contributed by atoms with van der Waals surface area (Å²) in [5.41, 5.74) is 2.58. The van der Waals surface area contributed by atoms with E-state index in [2.05, 4.69) is 43.3 Å². The Balaban J connectivity index is 2.49. The molecule has 0 heterocycles. The van der Waals surface area contributed by atoms with Crippen LogP contribution in [0.4, 0.5) is 0 Å². The first kappa shape index (κ1) is 13.0. The maximum Gasteiger partial charge on any atom is 0.0434 e. The minimum absolute atomic E-state index is 0.274. The van der Waals surface area contributed by atoms with Crippen molar-refractivity contribution in [2.45, 2.75) is 39.0 Å². The molecule has 0 spiro atoms. The van der Waals surface area contributed by atoms with E-state index in [4.69, 9.17) is 5.11 Å². The molecule has 0 aliphatic heterocycles. The van der Waals surface area contributed by atoms with Gasteiger partial charge in [-0.25, -0.2) is 0 Å². The number of hydrogen-bond donors (Lipinski definition) is 1. The second-order valence-electron chi connectivity index (χ2n) is 4.12. The fourth-order valence-electron chi connectivity index (χ4n) is 1.68. The number of hydrogen-bond acceptors (Lipinski definition) is 1. The van der Waals surface area contributed by atoms with Gasteiger partial charge in [-0.2, -0.15) is 0 Å². The van der Waals surface area contributed by atoms with Crippen molar-refractivity contribution >= 4 is 6.08 Å². The fraction of sp³-hybridized carbons (Fsp3) is 0.467. The molecule has 0 unspecified atom stereocenters. The molecule has 0 amide bonds. The van der Waals surface area contributed by atoms with Crippen molar-refractivity contribution in [3.63, 3.8) is 0 Å². The first-order valence-corrected chi connectivity index (χ1v) is 6.23. The van der Waals surface area contributed by atoms with E-state index in [0.29, 0.717) is 0 Å². The van der Waals surface area contributed by atoms with E-state index in [1.165, 1.54) is 24.0 Å². The lowest BCUT2D eigenvalue weighted by molar-refractivity contribution is 0.288. The van der Waals surface area contributed by atoms with Crippen LogP contribution in [0.15, 0.2) is 30.3 Å². The molecule has 0 saturated heterocycles. The Bertz CT molecular complexity index is 315. The SMILES string of the molecule is CCCC/C=C\c1cccc(CCCO)c1. The van der Waals surface area contributed by atoms with Gasteiger partial charge in [0.05, 0.1) is 0 Å². The van der Waals surface area contributed by atoms with E-state index in [0.717, 1.165) is 19.3 Å². The van der Waals surface area contributed by atoms with Crippen LogP contribution in [0.3, 0.4) is 0 Å². The first-order chi connectivity index (χ1) is 7.86. The van der Waals surface area contributed by atoms with E-state index in [1.807, 2.05) is 0 Å². The van der Waals surface area contributed by atoms with Crippen LogP contribution in [-0.4, -0.2) is 11.7 Å². The molecule has 0 aromatic heterocycles. The molecule has 0 fully saturated rings. The van der Waals surface area contributed by atoms with Gasteiger partial charge in [0.2, 0.25) is 0 Å². The first-order valence-electron chi connectivity index (χ1n) is 6.23. The third-order valence-corrected chi connectivity index (χ3v) is 2.61. The van der Waals surface area contributed by atoms with Crippen LogP contribution >= 0.6 is 0 Å². The topological polar surface area (TPSA) is 20.2 Å². The standard InChI is InChI=1S/C15H22O/c1-2-3-4-5-8-14-9-6-10-15(13-14)11-7-12-16/h5-6,8-10,13,16H,2-4,7,11-12H2,1H3/b8-5-. The Morgan fingerprint density at radius 1 is 1.25 bits per heavy atom. The number of aryl methyl sites for hydroxylation is 1. The highest BCUT2D eigenvalue weighted by atomic mass is 16.2. The molecule has 1 aromatic rings. The molecule has 16 heavy (non-hydrogen) atoms. The highest BCUT2D eigenvalue weighted by Crippen LogP contribution is 2.10. The lowest BCUT2D eigenvalue weighted by atomic mass is 10.1. The van der Waals surface area contributed by atoms with Crippen LogP contribution in [-0.2, 0) is 6.42 Å². The number of unbranched alkanes of at least 4 members (excludes halogenated alkanes) is 2. The van der Waals surface area contributed by atoms with Crippen LogP contribution in [0.25, 0.3) is 6.08 Å². The van der Waals surface area contributed by atoms with Crippen molar-refractivity contribution < 1.29 is 5.11 Å². The maximum atomic E-state index is 8.78. The molecule has 0 atom stereocenters. The lowest BCUT2D eigenvalue weighted by Gasteiger charge is -2.01. The minimum Gasteiger partial charge on any atom is -0.396 e. The predicted octanol–water partition coefficient (Wildman–Crippen LogP) is 3.81. The molecule has 1 aromatic carbocycles. The summed E-state index contributed by atoms with van der Waals surface area (Å²) in [6.45, 7) is 2.49. The van der Waals surface area contributed by atoms with Crippen molar-refractivity contribution in [3.8, 4) is 0 Å². The average molecular weight is 218 g/mol. The normalized spacial score (nSPS) is 11.1. The molecule has 0 bridgehead atoms. The van der Waals surface area contributed by atoms with Crippen LogP contribution in [0.1, 0.15) is 43.7 Å². The maximum absolute atomic E-state index is 8.78. The largest absolute Gasteiger partial charge is 0.396 e. The average Bonchev–Trinajstić information content (AvgIpc) is 2.33. The van der Waals surface area contributed by atoms with Gasteiger partial charge < -0.3 is 5.11 Å². The van der Waals surface area contributed by atoms with Crippen molar-refractivity contribution in [2.75, 3.05) is 6.61 Å². The Hall–Kier alpha value is -1.08. The van der Waals surface area contributed by atoms with E-state index in [-0.39, 0.29) is 6.61 Å². The van der Waals surface area contributed by atoms with Gasteiger partial charge in [-0.15, -0.1) is 0 Å². The molecule has 1 nitrogen and oxygen atoms in total. The molecule has 1 N–H and O–H groups in total. The summed E-state index contributed by atoms with van der Waals surface area (Å²) in [6.07, 6.45) is 9.93. The number of rotatable bonds is 7. The molecule has 88 valence electrons. The lowest BCUT2D eigenvalue weighted by Crippen LogP contribution is -1.89. The molecule has 0 aliphatic carbocycles. The van der Waals surface area contributed by atoms with Gasteiger partial charge in [-0.05, 0) is 30.4 Å². The van der Waals surface area contributed by atoms with E-state index in [1.54, 1.807) is 0 Å². The number of benzene rings is 1. The third-order valence-electron chi connectivity index (χ3n) is 2.61. The smallest absolute Gasteiger partial charge is 0.0434 e. The minimum atomic E-state index is 0.274. The van der Waals surface area contributed by atoms with Gasteiger partial charge in [0.1, 0.15) is 0 Å². The molecule has 0 aliphatic rings. The summed E-state index contributed by atoms with van der Waals surface area (Å²) >= 11 is 0. The zero-order valence-corrected chi connectivity index (χ0v) is 10.2. The van der Waals surface area contributed by atoms with E-state index < -0.39 is 0 Å². The summed E-state index contributed by atoms with van der Waals surface area (Å²) in [6, 6.07) is 8.55. The van der Waals surface area contributed by atoms with Crippen molar-refractivity contribution in [1.82, 2.24) is 0 Å². The van der Waals surface area contributed by atoms with Gasteiger partial charge >= 0.3 is 0 Å². The summed E-state index contributed by atoms with van der Waals surface area (Å²) < 4.78 is 0. The van der Waals surface area contributed by atoms with Crippen LogP contribution < -0.4 is 0 Å². The molecular formula is C15H22O. The van der Waals surface area contributed by atoms with Crippen LogP contribution in [0.5, 0.6) is 0 Å². The van der Waals surface area contributed by atoms with Crippen LogP contribution in [0.2, 0.25) is 0 Å². The highest BCUT2D eigenvalue weighted by molar-refractivity contribution is 5.50. The Morgan fingerprint density at radius 2 is 2.12 bits per heavy atom. The summed E-state index contributed by atoms with van der Waals surface area (Å²) in [5.74, 6) is 0. The van der Waals surface area contributed by atoms with Gasteiger partial charge in [0.25, 0.3) is 0 Å². The second-order valence-corrected chi connectivity index (χ2v) is 4.12. The Kier molecular flexibility index (Phi) is 6.59. The van der Waals surface area contributed by atoms with Crippen molar-refractivity contribution in [2.24, 2.45) is 0 Å².